The fourth-order valence-electron chi connectivity index (χ4n) is 3.82. The van der Waals surface area contributed by atoms with Crippen molar-refractivity contribution in [1.82, 2.24) is 4.90 Å². The van der Waals surface area contributed by atoms with Gasteiger partial charge >= 0.3 is 6.09 Å². The molecule has 4 rings (SSSR count). The van der Waals surface area contributed by atoms with E-state index in [4.69, 9.17) is 9.47 Å². The Bertz CT molecular complexity index is 1020. The number of ether oxygens (including phenoxy) is 2. The summed E-state index contributed by atoms with van der Waals surface area (Å²) in [4.78, 5) is 16.5. The highest BCUT2D eigenvalue weighted by atomic mass is 16.6. The SMILES string of the molecule is CN(C)c1ccc2c(c1OCc1ccccc1)CCN(C(=O)OCc1ccccc1)C2. The summed E-state index contributed by atoms with van der Waals surface area (Å²) in [5, 5.41) is 0. The van der Waals surface area contributed by atoms with Crippen molar-refractivity contribution in [3.63, 3.8) is 0 Å². The maximum Gasteiger partial charge on any atom is 0.410 e. The van der Waals surface area contributed by atoms with Gasteiger partial charge in [0.1, 0.15) is 19.0 Å². The van der Waals surface area contributed by atoms with Crippen LogP contribution >= 0.6 is 0 Å². The fraction of sp³-hybridized carbons (Fsp3) is 0.269. The first kappa shape index (κ1) is 20.8. The first-order chi connectivity index (χ1) is 15.1. The molecule has 1 amide bonds. The highest BCUT2D eigenvalue weighted by Crippen LogP contribution is 2.37. The van der Waals surface area contributed by atoms with Crippen LogP contribution in [0.2, 0.25) is 0 Å². The van der Waals surface area contributed by atoms with Gasteiger partial charge in [-0.1, -0.05) is 66.7 Å². The smallest absolute Gasteiger partial charge is 0.410 e. The predicted octanol–water partition coefficient (Wildman–Crippen LogP) is 5.03. The van der Waals surface area contributed by atoms with Crippen molar-refractivity contribution in [1.29, 1.82) is 0 Å². The van der Waals surface area contributed by atoms with Gasteiger partial charge in [0.15, 0.2) is 0 Å². The highest BCUT2D eigenvalue weighted by molar-refractivity contribution is 5.70. The molecule has 0 atom stereocenters. The zero-order valence-corrected chi connectivity index (χ0v) is 18.1. The minimum atomic E-state index is -0.280. The normalized spacial score (nSPS) is 12.8. The summed E-state index contributed by atoms with van der Waals surface area (Å²) in [6.07, 6.45) is 0.458. The lowest BCUT2D eigenvalue weighted by Crippen LogP contribution is -2.36. The van der Waals surface area contributed by atoms with Gasteiger partial charge < -0.3 is 19.3 Å². The number of fused-ring (bicyclic) bond motifs is 1. The zero-order valence-electron chi connectivity index (χ0n) is 18.1. The van der Waals surface area contributed by atoms with E-state index in [2.05, 4.69) is 29.2 Å². The molecule has 0 aromatic heterocycles. The number of amides is 1. The lowest BCUT2D eigenvalue weighted by Gasteiger charge is -2.31. The Hall–Kier alpha value is -3.47. The molecule has 1 aliphatic rings. The third kappa shape index (κ3) is 5.00. The maximum atomic E-state index is 12.6. The molecule has 0 bridgehead atoms. The van der Waals surface area contributed by atoms with E-state index < -0.39 is 0 Å². The average molecular weight is 417 g/mol. The number of anilines is 1. The molecule has 0 unspecified atom stereocenters. The van der Waals surface area contributed by atoms with E-state index in [0.29, 0.717) is 19.7 Å². The Morgan fingerprint density at radius 1 is 0.903 bits per heavy atom. The summed E-state index contributed by atoms with van der Waals surface area (Å²) in [6, 6.07) is 24.1. The van der Waals surface area contributed by atoms with E-state index in [-0.39, 0.29) is 12.7 Å². The molecule has 31 heavy (non-hydrogen) atoms. The lowest BCUT2D eigenvalue weighted by molar-refractivity contribution is 0.0916. The summed E-state index contributed by atoms with van der Waals surface area (Å²) in [6.45, 7) is 1.94. The summed E-state index contributed by atoms with van der Waals surface area (Å²) < 4.78 is 11.8. The van der Waals surface area contributed by atoms with Crippen molar-refractivity contribution in [3.8, 4) is 5.75 Å². The van der Waals surface area contributed by atoms with Crippen LogP contribution in [0.5, 0.6) is 5.75 Å². The van der Waals surface area contributed by atoms with Gasteiger partial charge in [-0.05, 0) is 29.2 Å². The van der Waals surface area contributed by atoms with Crippen LogP contribution in [0.4, 0.5) is 10.5 Å². The number of hydrogen-bond donors (Lipinski definition) is 0. The molecule has 5 heteroatoms. The van der Waals surface area contributed by atoms with Crippen LogP contribution in [-0.2, 0) is 30.9 Å². The first-order valence-electron chi connectivity index (χ1n) is 10.6. The molecule has 0 saturated heterocycles. The summed E-state index contributed by atoms with van der Waals surface area (Å²) >= 11 is 0. The Balaban J connectivity index is 1.48. The summed E-state index contributed by atoms with van der Waals surface area (Å²) in [7, 11) is 4.04. The van der Waals surface area contributed by atoms with Gasteiger partial charge in [-0.3, -0.25) is 0 Å². The number of nitrogens with zero attached hydrogens (tertiary/aromatic N) is 2. The topological polar surface area (TPSA) is 42.0 Å². The second kappa shape index (κ2) is 9.56. The molecule has 1 aliphatic heterocycles. The summed E-state index contributed by atoms with van der Waals surface area (Å²) in [5.41, 5.74) is 5.45. The Morgan fingerprint density at radius 2 is 1.55 bits per heavy atom. The number of benzene rings is 3. The van der Waals surface area contributed by atoms with Gasteiger partial charge in [-0.15, -0.1) is 0 Å². The molecule has 3 aromatic carbocycles. The van der Waals surface area contributed by atoms with Crippen LogP contribution in [-0.4, -0.2) is 31.6 Å². The lowest BCUT2D eigenvalue weighted by atomic mass is 9.97. The molecule has 160 valence electrons. The zero-order chi connectivity index (χ0) is 21.6. The van der Waals surface area contributed by atoms with E-state index in [9.17, 15) is 4.79 Å². The molecular formula is C26H28N2O3. The van der Waals surface area contributed by atoms with E-state index in [1.54, 1.807) is 4.90 Å². The Morgan fingerprint density at radius 3 is 2.19 bits per heavy atom. The van der Waals surface area contributed by atoms with E-state index in [0.717, 1.165) is 34.5 Å². The molecule has 5 nitrogen and oxygen atoms in total. The number of rotatable bonds is 6. The first-order valence-corrected chi connectivity index (χ1v) is 10.6. The molecular weight excluding hydrogens is 388 g/mol. The van der Waals surface area contributed by atoms with Gasteiger partial charge in [0, 0.05) is 32.7 Å². The molecule has 0 aliphatic carbocycles. The minimum Gasteiger partial charge on any atom is -0.486 e. The second-order valence-corrected chi connectivity index (χ2v) is 7.93. The number of carbonyl (C=O) groups is 1. The van der Waals surface area contributed by atoms with Crippen LogP contribution < -0.4 is 9.64 Å². The van der Waals surface area contributed by atoms with Crippen LogP contribution in [0, 0.1) is 0 Å². The average Bonchev–Trinajstić information content (AvgIpc) is 2.81. The van der Waals surface area contributed by atoms with Crippen LogP contribution in [0.25, 0.3) is 0 Å². The molecule has 3 aromatic rings. The van der Waals surface area contributed by atoms with Crippen molar-refractivity contribution in [2.45, 2.75) is 26.2 Å². The van der Waals surface area contributed by atoms with Gasteiger partial charge in [-0.2, -0.15) is 0 Å². The second-order valence-electron chi connectivity index (χ2n) is 7.93. The Labute approximate surface area is 183 Å². The molecule has 0 saturated carbocycles. The quantitative estimate of drug-likeness (QED) is 0.565. The predicted molar refractivity (Wildman–Crippen MR) is 122 cm³/mol. The fourth-order valence-corrected chi connectivity index (χ4v) is 3.82. The van der Waals surface area contributed by atoms with Crippen molar-refractivity contribution in [3.05, 3.63) is 95.1 Å². The van der Waals surface area contributed by atoms with Gasteiger partial charge in [0.05, 0.1) is 5.69 Å². The van der Waals surface area contributed by atoms with Crippen molar-refractivity contribution in [2.24, 2.45) is 0 Å². The molecule has 0 fully saturated rings. The van der Waals surface area contributed by atoms with E-state index >= 15 is 0 Å². The minimum absolute atomic E-state index is 0.280. The van der Waals surface area contributed by atoms with Gasteiger partial charge in [0.25, 0.3) is 0 Å². The maximum absolute atomic E-state index is 12.6. The van der Waals surface area contributed by atoms with E-state index in [1.807, 2.05) is 62.6 Å². The third-order valence-electron chi connectivity index (χ3n) is 5.50. The van der Waals surface area contributed by atoms with Crippen molar-refractivity contribution in [2.75, 3.05) is 25.5 Å². The van der Waals surface area contributed by atoms with Crippen LogP contribution in [0.15, 0.2) is 72.8 Å². The Kier molecular flexibility index (Phi) is 6.41. The largest absolute Gasteiger partial charge is 0.486 e. The summed E-state index contributed by atoms with van der Waals surface area (Å²) in [5.74, 6) is 0.906. The van der Waals surface area contributed by atoms with Crippen molar-refractivity contribution >= 4 is 11.8 Å². The van der Waals surface area contributed by atoms with E-state index in [1.165, 1.54) is 5.56 Å². The van der Waals surface area contributed by atoms with Gasteiger partial charge in [-0.25, -0.2) is 4.79 Å². The number of carbonyl (C=O) groups excluding carboxylic acids is 1. The third-order valence-corrected chi connectivity index (χ3v) is 5.50. The standard InChI is InChI=1S/C26H28N2O3/c1-27(2)24-14-13-22-17-28(26(29)31-19-21-11-7-4-8-12-21)16-15-23(22)25(24)30-18-20-9-5-3-6-10-20/h3-14H,15-19H2,1-2H3. The highest BCUT2D eigenvalue weighted by Gasteiger charge is 2.26. The molecule has 0 radical (unpaired) electrons. The van der Waals surface area contributed by atoms with Crippen LogP contribution in [0.1, 0.15) is 22.3 Å². The number of hydrogen-bond acceptors (Lipinski definition) is 4. The monoisotopic (exact) mass is 416 g/mol. The molecule has 0 N–H and O–H groups in total. The molecule has 0 spiro atoms. The van der Waals surface area contributed by atoms with Gasteiger partial charge in [0.2, 0.25) is 0 Å². The van der Waals surface area contributed by atoms with Crippen LogP contribution in [0.3, 0.4) is 0 Å². The molecule has 1 heterocycles. The van der Waals surface area contributed by atoms with Crippen molar-refractivity contribution < 1.29 is 14.3 Å².